The number of carbonyl (C=O) groups excluding carboxylic acids is 2. The van der Waals surface area contributed by atoms with Crippen molar-refractivity contribution in [3.8, 4) is 5.75 Å². The number of sulfonamides is 1. The van der Waals surface area contributed by atoms with E-state index in [9.17, 15) is 22.4 Å². The maximum absolute atomic E-state index is 13.4. The fourth-order valence-corrected chi connectivity index (χ4v) is 5.49. The number of ether oxygens (including phenoxy) is 1. The minimum atomic E-state index is -4.18. The number of rotatable bonds is 10. The molecule has 1 saturated heterocycles. The third kappa shape index (κ3) is 6.26. The van der Waals surface area contributed by atoms with E-state index in [4.69, 9.17) is 4.74 Å². The van der Waals surface area contributed by atoms with Gasteiger partial charge in [0.2, 0.25) is 11.8 Å². The van der Waals surface area contributed by atoms with E-state index in [2.05, 4.69) is 5.32 Å². The first kappa shape index (κ1) is 26.2. The van der Waals surface area contributed by atoms with Crippen LogP contribution in [0.2, 0.25) is 0 Å². The van der Waals surface area contributed by atoms with Gasteiger partial charge in [-0.05, 0) is 79.6 Å². The standard InChI is InChI=1S/C27H28FN3O5S/c1-2-36-24-12-10-22(11-13-24)31(37(34,35)25-14-8-21(28)9-15-25)19-26(32)29-18-20-5-3-6-23(17-20)30-16-4-7-27(30)33/h3,5-6,8-15,17H,2,4,7,16,18-19H2,1H3,(H,29,32). The Kier molecular flexibility index (Phi) is 8.08. The van der Waals surface area contributed by atoms with Gasteiger partial charge in [0.05, 0.1) is 17.2 Å². The molecule has 37 heavy (non-hydrogen) atoms. The number of hydrogen-bond donors (Lipinski definition) is 1. The molecule has 1 fully saturated rings. The van der Waals surface area contributed by atoms with Gasteiger partial charge in [0, 0.05) is 25.2 Å². The summed E-state index contributed by atoms with van der Waals surface area (Å²) in [6, 6.07) is 18.1. The highest BCUT2D eigenvalue weighted by Gasteiger charge is 2.27. The summed E-state index contributed by atoms with van der Waals surface area (Å²) in [5, 5.41) is 2.76. The molecular weight excluding hydrogens is 497 g/mol. The van der Waals surface area contributed by atoms with Crippen molar-refractivity contribution in [2.75, 3.05) is 28.9 Å². The molecule has 0 aliphatic carbocycles. The molecule has 194 valence electrons. The van der Waals surface area contributed by atoms with Gasteiger partial charge >= 0.3 is 0 Å². The SMILES string of the molecule is CCOc1ccc(N(CC(=O)NCc2cccc(N3CCCC3=O)c2)S(=O)(=O)c2ccc(F)cc2)cc1. The quantitative estimate of drug-likeness (QED) is 0.434. The monoisotopic (exact) mass is 525 g/mol. The van der Waals surface area contributed by atoms with E-state index in [0.717, 1.165) is 46.2 Å². The maximum atomic E-state index is 13.4. The average Bonchev–Trinajstić information content (AvgIpc) is 3.33. The lowest BCUT2D eigenvalue weighted by molar-refractivity contribution is -0.120. The van der Waals surface area contributed by atoms with Gasteiger partial charge in [-0.25, -0.2) is 12.8 Å². The van der Waals surface area contributed by atoms with Crippen molar-refractivity contribution in [3.63, 3.8) is 0 Å². The van der Waals surface area contributed by atoms with Crippen LogP contribution in [0.4, 0.5) is 15.8 Å². The summed E-state index contributed by atoms with van der Waals surface area (Å²) in [5.41, 5.74) is 1.81. The second-order valence-corrected chi connectivity index (χ2v) is 10.4. The van der Waals surface area contributed by atoms with Crippen molar-refractivity contribution in [2.24, 2.45) is 0 Å². The molecule has 3 aromatic rings. The van der Waals surface area contributed by atoms with Gasteiger partial charge < -0.3 is 15.0 Å². The number of anilines is 2. The number of halogens is 1. The highest BCUT2D eigenvalue weighted by Crippen LogP contribution is 2.26. The maximum Gasteiger partial charge on any atom is 0.264 e. The Balaban J connectivity index is 1.52. The van der Waals surface area contributed by atoms with Gasteiger partial charge in [-0.2, -0.15) is 0 Å². The Hall–Kier alpha value is -3.92. The zero-order valence-corrected chi connectivity index (χ0v) is 21.2. The van der Waals surface area contributed by atoms with Crippen LogP contribution in [0.3, 0.4) is 0 Å². The van der Waals surface area contributed by atoms with Crippen molar-refractivity contribution in [1.82, 2.24) is 5.32 Å². The summed E-state index contributed by atoms with van der Waals surface area (Å²) < 4.78 is 46.7. The molecule has 1 N–H and O–H groups in total. The average molecular weight is 526 g/mol. The molecule has 3 aromatic carbocycles. The summed E-state index contributed by atoms with van der Waals surface area (Å²) in [5.74, 6) is -0.464. The van der Waals surface area contributed by atoms with Crippen LogP contribution < -0.4 is 19.3 Å². The highest BCUT2D eigenvalue weighted by molar-refractivity contribution is 7.92. The normalized spacial score (nSPS) is 13.5. The zero-order valence-electron chi connectivity index (χ0n) is 20.4. The molecular formula is C27H28FN3O5S. The zero-order chi connectivity index (χ0) is 26.4. The summed E-state index contributed by atoms with van der Waals surface area (Å²) in [7, 11) is -4.18. The molecule has 1 heterocycles. The first-order valence-electron chi connectivity index (χ1n) is 11.9. The predicted molar refractivity (Wildman–Crippen MR) is 138 cm³/mol. The van der Waals surface area contributed by atoms with Crippen LogP contribution in [0.1, 0.15) is 25.3 Å². The lowest BCUT2D eigenvalue weighted by Crippen LogP contribution is -2.40. The highest BCUT2D eigenvalue weighted by atomic mass is 32.2. The van der Waals surface area contributed by atoms with Gasteiger partial charge in [0.1, 0.15) is 18.1 Å². The van der Waals surface area contributed by atoms with Crippen LogP contribution in [-0.4, -0.2) is 39.9 Å². The van der Waals surface area contributed by atoms with Crippen LogP contribution in [0.15, 0.2) is 77.7 Å². The molecule has 10 heteroatoms. The number of hydrogen-bond acceptors (Lipinski definition) is 5. The van der Waals surface area contributed by atoms with E-state index in [1.54, 1.807) is 29.2 Å². The Labute approximate surface area is 215 Å². The Morgan fingerprint density at radius 1 is 1.08 bits per heavy atom. The van der Waals surface area contributed by atoms with E-state index in [1.165, 1.54) is 0 Å². The van der Waals surface area contributed by atoms with Crippen molar-refractivity contribution >= 4 is 33.2 Å². The molecule has 0 spiro atoms. The molecule has 1 aliphatic heterocycles. The number of amides is 2. The largest absolute Gasteiger partial charge is 0.494 e. The van der Waals surface area contributed by atoms with E-state index >= 15 is 0 Å². The molecule has 4 rings (SSSR count). The van der Waals surface area contributed by atoms with Crippen LogP contribution in [0.25, 0.3) is 0 Å². The predicted octanol–water partition coefficient (Wildman–Crippen LogP) is 3.86. The Bertz CT molecular complexity index is 1360. The number of benzene rings is 3. The Morgan fingerprint density at radius 3 is 2.46 bits per heavy atom. The topological polar surface area (TPSA) is 96.0 Å². The molecule has 0 radical (unpaired) electrons. The molecule has 0 bridgehead atoms. The smallest absolute Gasteiger partial charge is 0.264 e. The number of nitrogens with one attached hydrogen (secondary N) is 1. The fourth-order valence-electron chi connectivity index (χ4n) is 4.07. The van der Waals surface area contributed by atoms with E-state index in [0.29, 0.717) is 25.3 Å². The summed E-state index contributed by atoms with van der Waals surface area (Å²) in [6.45, 7) is 2.61. The van der Waals surface area contributed by atoms with Crippen LogP contribution in [-0.2, 0) is 26.2 Å². The van der Waals surface area contributed by atoms with Crippen molar-refractivity contribution in [3.05, 3.63) is 84.2 Å². The van der Waals surface area contributed by atoms with Crippen molar-refractivity contribution in [2.45, 2.75) is 31.2 Å². The van der Waals surface area contributed by atoms with Gasteiger partial charge in [0.15, 0.2) is 0 Å². The fraction of sp³-hybridized carbons (Fsp3) is 0.259. The van der Waals surface area contributed by atoms with Crippen molar-refractivity contribution in [1.29, 1.82) is 0 Å². The first-order valence-corrected chi connectivity index (χ1v) is 13.4. The Morgan fingerprint density at radius 2 is 1.81 bits per heavy atom. The summed E-state index contributed by atoms with van der Waals surface area (Å²) in [4.78, 5) is 26.6. The lowest BCUT2D eigenvalue weighted by atomic mass is 10.2. The van der Waals surface area contributed by atoms with Gasteiger partial charge in [-0.3, -0.25) is 13.9 Å². The molecule has 0 unspecified atom stereocenters. The third-order valence-corrected chi connectivity index (χ3v) is 7.70. The minimum Gasteiger partial charge on any atom is -0.494 e. The van der Waals surface area contributed by atoms with Crippen LogP contribution in [0.5, 0.6) is 5.75 Å². The lowest BCUT2D eigenvalue weighted by Gasteiger charge is -2.24. The molecule has 0 aromatic heterocycles. The van der Waals surface area contributed by atoms with Gasteiger partial charge in [0.25, 0.3) is 10.0 Å². The second-order valence-electron chi connectivity index (χ2n) is 8.49. The first-order chi connectivity index (χ1) is 17.8. The molecule has 1 aliphatic rings. The van der Waals surface area contributed by atoms with Crippen LogP contribution in [0, 0.1) is 5.82 Å². The number of carbonyl (C=O) groups is 2. The van der Waals surface area contributed by atoms with Crippen LogP contribution >= 0.6 is 0 Å². The molecule has 2 amide bonds. The molecule has 0 saturated carbocycles. The van der Waals surface area contributed by atoms with E-state index < -0.39 is 28.3 Å². The number of nitrogens with zero attached hydrogens (tertiary/aromatic N) is 2. The summed E-state index contributed by atoms with van der Waals surface area (Å²) in [6.07, 6.45) is 1.33. The minimum absolute atomic E-state index is 0.0678. The molecule has 8 nitrogen and oxygen atoms in total. The third-order valence-electron chi connectivity index (χ3n) is 5.91. The van der Waals surface area contributed by atoms with Gasteiger partial charge in [-0.1, -0.05) is 12.1 Å². The van der Waals surface area contributed by atoms with E-state index in [-0.39, 0.29) is 23.0 Å². The summed E-state index contributed by atoms with van der Waals surface area (Å²) >= 11 is 0. The molecule has 0 atom stereocenters. The van der Waals surface area contributed by atoms with Gasteiger partial charge in [-0.15, -0.1) is 0 Å². The van der Waals surface area contributed by atoms with E-state index in [1.807, 2.05) is 31.2 Å². The second kappa shape index (κ2) is 11.4. The van der Waals surface area contributed by atoms with Crippen molar-refractivity contribution < 1.29 is 27.1 Å².